The van der Waals surface area contributed by atoms with Gasteiger partial charge < -0.3 is 4.74 Å². The van der Waals surface area contributed by atoms with E-state index in [2.05, 4.69) is 0 Å². The minimum Gasteiger partial charge on any atom is -0.494 e. The van der Waals surface area contributed by atoms with Gasteiger partial charge in [0.1, 0.15) is 5.75 Å². The molecule has 2 aromatic rings. The van der Waals surface area contributed by atoms with E-state index in [1.54, 1.807) is 6.92 Å². The largest absolute Gasteiger partial charge is 1.00 e. The maximum Gasteiger partial charge on any atom is 1.00 e. The molecule has 1 atom stereocenters. The molecule has 10 heteroatoms. The number of carbonyl (C=O) groups excluding carboxylic acids is 1. The van der Waals surface area contributed by atoms with Crippen LogP contribution in [-0.4, -0.2) is 12.1 Å². The van der Waals surface area contributed by atoms with E-state index >= 15 is 0 Å². The van der Waals surface area contributed by atoms with Crippen LogP contribution in [0.5, 0.6) is 5.75 Å². The predicted molar refractivity (Wildman–Crippen MR) is 86.3 cm³/mol. The van der Waals surface area contributed by atoms with E-state index in [-0.39, 0.29) is 18.9 Å². The number of halogens is 6. The summed E-state index contributed by atoms with van der Waals surface area (Å²) in [5.74, 6) is 0.486. The maximum atomic E-state index is 13.1. The van der Waals surface area contributed by atoms with Gasteiger partial charge in [0.25, 0.3) is 0 Å². The van der Waals surface area contributed by atoms with Crippen molar-refractivity contribution in [3.63, 3.8) is 0 Å². The van der Waals surface area contributed by atoms with Crippen molar-refractivity contribution >= 4 is 19.4 Å². The zero-order valence-electron chi connectivity index (χ0n) is 14.3. The first kappa shape index (κ1) is 23.6. The average molecular weight is 401 g/mol. The molecule has 140 valence electrons. The van der Waals surface area contributed by atoms with Crippen LogP contribution in [0.3, 0.4) is 0 Å². The molecule has 0 saturated carbocycles. The third-order valence-electron chi connectivity index (χ3n) is 3.33. The van der Waals surface area contributed by atoms with Crippen molar-refractivity contribution in [2.45, 2.75) is 19.3 Å². The molecule has 27 heavy (non-hydrogen) atoms. The SMILES string of the molecule is CCOc1ccc(PC(=O)c2c(C(F)(F)F)cccc2C(F)(F)F)cc1.[Li+]. The first-order chi connectivity index (χ1) is 12.0. The van der Waals surface area contributed by atoms with Crippen molar-refractivity contribution in [1.82, 2.24) is 0 Å². The topological polar surface area (TPSA) is 26.3 Å². The Morgan fingerprint density at radius 1 is 0.926 bits per heavy atom. The van der Waals surface area contributed by atoms with E-state index in [4.69, 9.17) is 4.74 Å². The van der Waals surface area contributed by atoms with Crippen LogP contribution in [-0.2, 0) is 12.4 Å². The Bertz CT molecular complexity index is 755. The summed E-state index contributed by atoms with van der Waals surface area (Å²) in [5.41, 5.74) is -5.75. The van der Waals surface area contributed by atoms with E-state index in [9.17, 15) is 31.1 Å². The van der Waals surface area contributed by atoms with Crippen LogP contribution in [0.4, 0.5) is 26.3 Å². The van der Waals surface area contributed by atoms with Crippen molar-refractivity contribution in [3.05, 3.63) is 59.2 Å². The number of carbonyl (C=O) groups is 1. The summed E-state index contributed by atoms with van der Waals surface area (Å²) in [6.45, 7) is 2.15. The Hall–Kier alpha value is -1.48. The zero-order valence-corrected chi connectivity index (χ0v) is 15.3. The summed E-state index contributed by atoms with van der Waals surface area (Å²) in [6.07, 6.45) is -10.1. The summed E-state index contributed by atoms with van der Waals surface area (Å²) in [7, 11) is -0.889. The molecule has 0 aliphatic rings. The van der Waals surface area contributed by atoms with Crippen LogP contribution in [0.2, 0.25) is 0 Å². The van der Waals surface area contributed by atoms with Crippen molar-refractivity contribution in [3.8, 4) is 5.75 Å². The van der Waals surface area contributed by atoms with Crippen LogP contribution in [0.25, 0.3) is 0 Å². The molecule has 2 aromatic carbocycles. The second-order valence-electron chi connectivity index (χ2n) is 5.14. The van der Waals surface area contributed by atoms with Gasteiger partial charge in [0, 0.05) is 5.56 Å². The van der Waals surface area contributed by atoms with Gasteiger partial charge in [-0.1, -0.05) is 18.2 Å². The van der Waals surface area contributed by atoms with Crippen molar-refractivity contribution < 1.29 is 54.7 Å². The standard InChI is InChI=1S/C17H13F6O2P.Li/c1-2-25-10-6-8-11(9-7-10)26-15(24)14-12(16(18,19)20)4-3-5-13(14)17(21,22)23;/h3-9,26H,2H2,1H3;/q;+1. The molecule has 0 spiro atoms. The van der Waals surface area contributed by atoms with Crippen LogP contribution >= 0.6 is 8.58 Å². The van der Waals surface area contributed by atoms with Crippen molar-refractivity contribution in [1.29, 1.82) is 0 Å². The Balaban J connectivity index is 0.00000364. The smallest absolute Gasteiger partial charge is 0.494 e. The molecular weight excluding hydrogens is 388 g/mol. The van der Waals surface area contributed by atoms with Gasteiger partial charge in [0.05, 0.1) is 17.7 Å². The average Bonchev–Trinajstić information content (AvgIpc) is 2.54. The van der Waals surface area contributed by atoms with Gasteiger partial charge in [-0.3, -0.25) is 4.79 Å². The van der Waals surface area contributed by atoms with Crippen LogP contribution in [0, 0.1) is 0 Å². The first-order valence-corrected chi connectivity index (χ1v) is 8.35. The Kier molecular flexibility index (Phi) is 7.97. The molecule has 1 unspecified atom stereocenters. The number of ether oxygens (including phenoxy) is 1. The van der Waals surface area contributed by atoms with Gasteiger partial charge in [0.15, 0.2) is 5.52 Å². The number of alkyl halides is 6. The van der Waals surface area contributed by atoms with Gasteiger partial charge in [0.2, 0.25) is 0 Å². The molecule has 0 radical (unpaired) electrons. The molecule has 0 amide bonds. The molecule has 0 fully saturated rings. The van der Waals surface area contributed by atoms with Gasteiger partial charge in [-0.15, -0.1) is 0 Å². The number of benzene rings is 2. The molecule has 0 aliphatic carbocycles. The Labute approximate surface area is 165 Å². The van der Waals surface area contributed by atoms with Crippen molar-refractivity contribution in [2.75, 3.05) is 6.61 Å². The quantitative estimate of drug-likeness (QED) is 0.437. The third kappa shape index (κ3) is 6.00. The summed E-state index contributed by atoms with van der Waals surface area (Å²) in [6, 6.07) is 7.47. The molecule has 0 heterocycles. The second kappa shape index (κ2) is 9.14. The van der Waals surface area contributed by atoms with Crippen LogP contribution in [0.1, 0.15) is 28.4 Å². The van der Waals surface area contributed by atoms with E-state index in [0.29, 0.717) is 35.9 Å². The molecule has 0 aromatic heterocycles. The van der Waals surface area contributed by atoms with Crippen LogP contribution in [0.15, 0.2) is 42.5 Å². The first-order valence-electron chi connectivity index (χ1n) is 7.35. The van der Waals surface area contributed by atoms with E-state index < -0.39 is 43.1 Å². The fourth-order valence-corrected chi connectivity index (χ4v) is 3.25. The van der Waals surface area contributed by atoms with Gasteiger partial charge in [-0.05, 0) is 45.1 Å². The predicted octanol–water partition coefficient (Wildman–Crippen LogP) is 2.27. The third-order valence-corrected chi connectivity index (χ3v) is 4.42. The van der Waals surface area contributed by atoms with E-state index in [1.165, 1.54) is 24.3 Å². The van der Waals surface area contributed by atoms with Gasteiger partial charge in [-0.25, -0.2) is 0 Å². The molecule has 2 nitrogen and oxygen atoms in total. The molecule has 0 aliphatic heterocycles. The fourth-order valence-electron chi connectivity index (χ4n) is 2.26. The second-order valence-corrected chi connectivity index (χ2v) is 6.42. The van der Waals surface area contributed by atoms with Gasteiger partial charge >= 0.3 is 31.2 Å². The van der Waals surface area contributed by atoms with Crippen molar-refractivity contribution in [2.24, 2.45) is 0 Å². The summed E-state index contributed by atoms with van der Waals surface area (Å²) in [5, 5.41) is 0.309. The maximum absolute atomic E-state index is 13.1. The zero-order chi connectivity index (χ0) is 19.5. The van der Waals surface area contributed by atoms with E-state index in [1.807, 2.05) is 0 Å². The summed E-state index contributed by atoms with van der Waals surface area (Å²) < 4.78 is 83.9. The Morgan fingerprint density at radius 2 is 1.41 bits per heavy atom. The van der Waals surface area contributed by atoms with Gasteiger partial charge in [-0.2, -0.15) is 26.3 Å². The molecule has 2 rings (SSSR count). The minimum atomic E-state index is -5.07. The molecule has 0 N–H and O–H groups in total. The van der Waals surface area contributed by atoms with E-state index in [0.717, 1.165) is 0 Å². The molecular formula is C17H13F6LiO2P+. The molecule has 0 bridgehead atoms. The molecule has 0 saturated heterocycles. The summed E-state index contributed by atoms with van der Waals surface area (Å²) >= 11 is 0. The van der Waals surface area contributed by atoms with Crippen LogP contribution < -0.4 is 28.9 Å². The number of rotatable bonds is 5. The normalized spacial score (nSPS) is 12.1. The summed E-state index contributed by atoms with van der Waals surface area (Å²) in [4.78, 5) is 12.3. The minimum absolute atomic E-state index is 0. The Morgan fingerprint density at radius 3 is 1.81 bits per heavy atom. The monoisotopic (exact) mass is 401 g/mol. The number of hydrogen-bond donors (Lipinski definition) is 0. The number of hydrogen-bond acceptors (Lipinski definition) is 2. The fraction of sp³-hybridized carbons (Fsp3) is 0.235.